The van der Waals surface area contributed by atoms with Crippen molar-refractivity contribution in [2.24, 2.45) is 0 Å². The van der Waals surface area contributed by atoms with Crippen molar-refractivity contribution < 1.29 is 14.3 Å². The SMILES string of the molecule is O=C(Cc1ccccc1)Nc1ccccc1C(=O)N1CCN(C[C@@H]2CCCO2)CC1. The second-order valence-corrected chi connectivity index (χ2v) is 7.98. The predicted octanol–water partition coefficient (Wildman–Crippen LogP) is 2.80. The molecule has 6 heteroatoms. The highest BCUT2D eigenvalue weighted by Crippen LogP contribution is 2.20. The number of carbonyl (C=O) groups excluding carboxylic acids is 2. The fourth-order valence-electron chi connectivity index (χ4n) is 4.13. The van der Waals surface area contributed by atoms with Crippen LogP contribution < -0.4 is 5.32 Å². The molecule has 0 saturated carbocycles. The number of ether oxygens (including phenoxy) is 1. The molecule has 2 heterocycles. The summed E-state index contributed by atoms with van der Waals surface area (Å²) in [7, 11) is 0. The largest absolute Gasteiger partial charge is 0.377 e. The summed E-state index contributed by atoms with van der Waals surface area (Å²) in [5.41, 5.74) is 2.07. The fourth-order valence-corrected chi connectivity index (χ4v) is 4.13. The molecule has 0 bridgehead atoms. The van der Waals surface area contributed by atoms with E-state index in [4.69, 9.17) is 4.74 Å². The molecule has 6 nitrogen and oxygen atoms in total. The van der Waals surface area contributed by atoms with E-state index in [-0.39, 0.29) is 18.2 Å². The van der Waals surface area contributed by atoms with Gasteiger partial charge in [0.05, 0.1) is 23.8 Å². The van der Waals surface area contributed by atoms with Gasteiger partial charge < -0.3 is 15.0 Å². The minimum absolute atomic E-state index is 0.0256. The van der Waals surface area contributed by atoms with E-state index in [0.29, 0.717) is 30.4 Å². The zero-order valence-corrected chi connectivity index (χ0v) is 17.3. The van der Waals surface area contributed by atoms with Gasteiger partial charge in [0.15, 0.2) is 0 Å². The van der Waals surface area contributed by atoms with E-state index in [2.05, 4.69) is 10.2 Å². The van der Waals surface area contributed by atoms with E-state index in [9.17, 15) is 9.59 Å². The van der Waals surface area contributed by atoms with E-state index in [1.165, 1.54) is 0 Å². The summed E-state index contributed by atoms with van der Waals surface area (Å²) in [4.78, 5) is 29.9. The quantitative estimate of drug-likeness (QED) is 0.800. The van der Waals surface area contributed by atoms with Crippen LogP contribution in [0.2, 0.25) is 0 Å². The van der Waals surface area contributed by atoms with Crippen molar-refractivity contribution in [2.75, 3.05) is 44.6 Å². The van der Waals surface area contributed by atoms with Gasteiger partial charge in [-0.15, -0.1) is 0 Å². The van der Waals surface area contributed by atoms with Crippen LogP contribution in [-0.2, 0) is 16.0 Å². The van der Waals surface area contributed by atoms with Crippen LogP contribution in [-0.4, -0.2) is 67.0 Å². The van der Waals surface area contributed by atoms with Crippen molar-refractivity contribution in [1.29, 1.82) is 0 Å². The Bertz CT molecular complexity index is 857. The monoisotopic (exact) mass is 407 g/mol. The van der Waals surface area contributed by atoms with Gasteiger partial charge >= 0.3 is 0 Å². The number of piperazine rings is 1. The number of benzene rings is 2. The average Bonchev–Trinajstić information content (AvgIpc) is 3.28. The Kier molecular flexibility index (Phi) is 6.77. The number of nitrogens with one attached hydrogen (secondary N) is 1. The lowest BCUT2D eigenvalue weighted by atomic mass is 10.1. The van der Waals surface area contributed by atoms with Crippen LogP contribution >= 0.6 is 0 Å². The summed E-state index contributed by atoms with van der Waals surface area (Å²) in [6.07, 6.45) is 2.91. The van der Waals surface area contributed by atoms with E-state index < -0.39 is 0 Å². The fraction of sp³-hybridized carbons (Fsp3) is 0.417. The molecule has 30 heavy (non-hydrogen) atoms. The van der Waals surface area contributed by atoms with Gasteiger partial charge in [-0.05, 0) is 30.5 Å². The third kappa shape index (κ3) is 5.26. The number of carbonyl (C=O) groups is 2. The summed E-state index contributed by atoms with van der Waals surface area (Å²) >= 11 is 0. The van der Waals surface area contributed by atoms with Crippen molar-refractivity contribution in [3.05, 3.63) is 65.7 Å². The van der Waals surface area contributed by atoms with E-state index >= 15 is 0 Å². The zero-order valence-electron chi connectivity index (χ0n) is 17.3. The minimum Gasteiger partial charge on any atom is -0.377 e. The Labute approximate surface area is 177 Å². The van der Waals surface area contributed by atoms with Crippen LogP contribution in [0.4, 0.5) is 5.69 Å². The average molecular weight is 408 g/mol. The second kappa shape index (κ2) is 9.87. The van der Waals surface area contributed by atoms with E-state index in [0.717, 1.165) is 44.6 Å². The summed E-state index contributed by atoms with van der Waals surface area (Å²) in [5, 5.41) is 2.92. The van der Waals surface area contributed by atoms with Crippen molar-refractivity contribution in [3.63, 3.8) is 0 Å². The summed E-state index contributed by atoms with van der Waals surface area (Å²) in [5.74, 6) is -0.148. The molecule has 4 rings (SSSR count). The zero-order chi connectivity index (χ0) is 20.8. The molecule has 158 valence electrons. The molecule has 0 unspecified atom stereocenters. The number of amides is 2. The molecular formula is C24H29N3O3. The van der Waals surface area contributed by atoms with Gasteiger partial charge in [0.2, 0.25) is 5.91 Å². The van der Waals surface area contributed by atoms with Gasteiger partial charge in [0.25, 0.3) is 5.91 Å². The van der Waals surface area contributed by atoms with Crippen molar-refractivity contribution >= 4 is 17.5 Å². The van der Waals surface area contributed by atoms with Gasteiger partial charge in [-0.25, -0.2) is 0 Å². The Morgan fingerprint density at radius 1 is 0.967 bits per heavy atom. The molecule has 2 aromatic rings. The number of anilines is 1. The van der Waals surface area contributed by atoms with Gasteiger partial charge in [-0.3, -0.25) is 14.5 Å². The van der Waals surface area contributed by atoms with Crippen LogP contribution in [0.5, 0.6) is 0 Å². The second-order valence-electron chi connectivity index (χ2n) is 7.98. The molecule has 2 amide bonds. The van der Waals surface area contributed by atoms with Gasteiger partial charge in [0, 0.05) is 39.3 Å². The number of nitrogens with zero attached hydrogens (tertiary/aromatic N) is 2. The first-order valence-electron chi connectivity index (χ1n) is 10.7. The molecule has 1 N–H and O–H groups in total. The first-order chi connectivity index (χ1) is 14.7. The van der Waals surface area contributed by atoms with Gasteiger partial charge in [0.1, 0.15) is 0 Å². The minimum atomic E-state index is -0.122. The highest BCUT2D eigenvalue weighted by atomic mass is 16.5. The van der Waals surface area contributed by atoms with Gasteiger partial charge in [-0.2, -0.15) is 0 Å². The third-order valence-corrected chi connectivity index (χ3v) is 5.78. The molecule has 1 atom stereocenters. The lowest BCUT2D eigenvalue weighted by Crippen LogP contribution is -2.50. The normalized spacial score (nSPS) is 19.6. The Balaban J connectivity index is 1.34. The summed E-state index contributed by atoms with van der Waals surface area (Å²) < 4.78 is 5.73. The number of hydrogen-bond acceptors (Lipinski definition) is 4. The predicted molar refractivity (Wildman–Crippen MR) is 117 cm³/mol. The van der Waals surface area contributed by atoms with E-state index in [1.807, 2.05) is 47.4 Å². The summed E-state index contributed by atoms with van der Waals surface area (Å²) in [6.45, 7) is 4.92. The molecule has 2 aliphatic rings. The summed E-state index contributed by atoms with van der Waals surface area (Å²) in [6, 6.07) is 16.9. The first-order valence-corrected chi connectivity index (χ1v) is 10.7. The lowest BCUT2D eigenvalue weighted by Gasteiger charge is -2.36. The maximum atomic E-state index is 13.1. The number of rotatable bonds is 6. The number of para-hydroxylation sites is 1. The van der Waals surface area contributed by atoms with Crippen molar-refractivity contribution in [3.8, 4) is 0 Å². The van der Waals surface area contributed by atoms with Crippen LogP contribution in [0.1, 0.15) is 28.8 Å². The van der Waals surface area contributed by atoms with Crippen LogP contribution in [0.3, 0.4) is 0 Å². The first kappa shape index (κ1) is 20.6. The Hall–Kier alpha value is -2.70. The maximum absolute atomic E-state index is 13.1. The van der Waals surface area contributed by atoms with Gasteiger partial charge in [-0.1, -0.05) is 42.5 Å². The van der Waals surface area contributed by atoms with E-state index in [1.54, 1.807) is 12.1 Å². The molecule has 0 spiro atoms. The molecule has 2 fully saturated rings. The van der Waals surface area contributed by atoms with Crippen LogP contribution in [0.15, 0.2) is 54.6 Å². The van der Waals surface area contributed by atoms with Crippen molar-refractivity contribution in [2.45, 2.75) is 25.4 Å². The highest BCUT2D eigenvalue weighted by molar-refractivity contribution is 6.04. The van der Waals surface area contributed by atoms with Crippen molar-refractivity contribution in [1.82, 2.24) is 9.80 Å². The molecule has 0 radical (unpaired) electrons. The highest BCUT2D eigenvalue weighted by Gasteiger charge is 2.26. The smallest absolute Gasteiger partial charge is 0.256 e. The molecule has 0 aliphatic carbocycles. The molecule has 0 aromatic heterocycles. The Morgan fingerprint density at radius 2 is 1.70 bits per heavy atom. The van der Waals surface area contributed by atoms with Crippen LogP contribution in [0.25, 0.3) is 0 Å². The molecule has 2 aromatic carbocycles. The lowest BCUT2D eigenvalue weighted by molar-refractivity contribution is -0.115. The standard InChI is InChI=1S/C24H29N3O3/c28-23(17-19-7-2-1-3-8-19)25-22-11-5-4-10-21(22)24(29)27-14-12-26(13-15-27)18-20-9-6-16-30-20/h1-5,7-8,10-11,20H,6,9,12-18H2,(H,25,28)/t20-/m0/s1. The third-order valence-electron chi connectivity index (χ3n) is 5.78. The Morgan fingerprint density at radius 3 is 2.43 bits per heavy atom. The van der Waals surface area contributed by atoms with Crippen LogP contribution in [0, 0.1) is 0 Å². The molecule has 2 saturated heterocycles. The molecule has 2 aliphatic heterocycles. The molecular weight excluding hydrogens is 378 g/mol. The maximum Gasteiger partial charge on any atom is 0.256 e. The topological polar surface area (TPSA) is 61.9 Å². The number of hydrogen-bond donors (Lipinski definition) is 1.